The predicted octanol–water partition coefficient (Wildman–Crippen LogP) is -1.47. The van der Waals surface area contributed by atoms with Crippen molar-refractivity contribution in [3.8, 4) is 5.75 Å². The Labute approximate surface area is 191 Å². The first-order valence-electron chi connectivity index (χ1n) is 9.12. The summed E-state index contributed by atoms with van der Waals surface area (Å²) in [5, 5.41) is 2.65. The third-order valence-corrected chi connectivity index (χ3v) is 5.62. The number of methoxy groups -OCH3 is 1. The second-order valence-corrected chi connectivity index (χ2v) is 8.22. The Morgan fingerprint density at radius 2 is 1.75 bits per heavy atom. The van der Waals surface area contributed by atoms with E-state index in [4.69, 9.17) is 10.5 Å². The minimum absolute atomic E-state index is 0. The number of ether oxygens (including phenoxy) is 1. The maximum absolute atomic E-state index is 12.7. The Balaban J connectivity index is 0.00000363. The van der Waals surface area contributed by atoms with Crippen molar-refractivity contribution < 1.29 is 39.7 Å². The van der Waals surface area contributed by atoms with Crippen molar-refractivity contribution in [3.63, 3.8) is 0 Å². The molecule has 4 N–H and O–H groups in total. The molecule has 0 aliphatic heterocycles. The van der Waals surface area contributed by atoms with Crippen molar-refractivity contribution in [3.05, 3.63) is 78.6 Å². The molecule has 0 bridgehead atoms. The number of primary amides is 1. The zero-order valence-corrected chi connectivity index (χ0v) is 18.6. The Morgan fingerprint density at radius 3 is 2.41 bits per heavy atom. The van der Waals surface area contributed by atoms with E-state index in [-0.39, 0.29) is 29.4 Å². The predicted molar refractivity (Wildman–Crippen MR) is 114 cm³/mol. The number of sulfonamides is 1. The molecule has 0 unspecified atom stereocenters. The van der Waals surface area contributed by atoms with E-state index in [2.05, 4.69) is 10.0 Å². The number of nitrogens with one attached hydrogen (secondary N) is 2. The number of anilines is 2. The zero-order valence-electron chi connectivity index (χ0n) is 17.0. The van der Waals surface area contributed by atoms with Gasteiger partial charge in [-0.3, -0.25) is 14.3 Å². The maximum atomic E-state index is 12.7. The van der Waals surface area contributed by atoms with Gasteiger partial charge in [0.25, 0.3) is 21.8 Å². The van der Waals surface area contributed by atoms with Crippen molar-refractivity contribution in [2.75, 3.05) is 17.1 Å². The number of nitrogens with zero attached hydrogens (tertiary/aromatic N) is 1. The van der Waals surface area contributed by atoms with Crippen LogP contribution in [0.15, 0.2) is 78.0 Å². The first kappa shape index (κ1) is 24.6. The first-order chi connectivity index (χ1) is 14.8. The summed E-state index contributed by atoms with van der Waals surface area (Å²) in [6, 6.07) is 15.5. The summed E-state index contributed by atoms with van der Waals surface area (Å²) in [5.74, 6) is -0.395. The molecular formula is C21H21ClN4O5S. The topological polar surface area (TPSA) is 131 Å². The van der Waals surface area contributed by atoms with Crippen molar-refractivity contribution in [1.82, 2.24) is 0 Å². The highest BCUT2D eigenvalue weighted by Gasteiger charge is 2.17. The number of carbonyl (C=O) groups is 2. The molecule has 0 fully saturated rings. The van der Waals surface area contributed by atoms with Gasteiger partial charge in [0.2, 0.25) is 6.54 Å². The number of halogens is 1. The van der Waals surface area contributed by atoms with Crippen LogP contribution in [-0.4, -0.2) is 27.3 Å². The lowest BCUT2D eigenvalue weighted by Crippen LogP contribution is -3.00. The van der Waals surface area contributed by atoms with Crippen LogP contribution >= 0.6 is 0 Å². The van der Waals surface area contributed by atoms with Gasteiger partial charge < -0.3 is 28.2 Å². The number of rotatable bonds is 8. The molecule has 0 atom stereocenters. The summed E-state index contributed by atoms with van der Waals surface area (Å²) in [6.07, 6.45) is 3.08. The molecule has 9 nitrogen and oxygen atoms in total. The Bertz CT molecular complexity index is 1220. The fraction of sp³-hybridized carbons (Fsp3) is 0.0952. The van der Waals surface area contributed by atoms with E-state index in [9.17, 15) is 18.0 Å². The van der Waals surface area contributed by atoms with Crippen molar-refractivity contribution in [1.29, 1.82) is 0 Å². The number of amides is 2. The highest BCUT2D eigenvalue weighted by molar-refractivity contribution is 7.92. The molecule has 0 aliphatic rings. The van der Waals surface area contributed by atoms with Crippen LogP contribution in [-0.2, 0) is 21.4 Å². The van der Waals surface area contributed by atoms with Crippen LogP contribution in [0.3, 0.4) is 0 Å². The molecular weight excluding hydrogens is 456 g/mol. The highest BCUT2D eigenvalue weighted by Crippen LogP contribution is 2.21. The molecule has 1 aromatic heterocycles. The van der Waals surface area contributed by atoms with Crippen LogP contribution in [0.5, 0.6) is 5.75 Å². The lowest BCUT2D eigenvalue weighted by atomic mass is 10.2. The van der Waals surface area contributed by atoms with Gasteiger partial charge in [-0.05, 0) is 48.5 Å². The lowest BCUT2D eigenvalue weighted by molar-refractivity contribution is -0.684. The van der Waals surface area contributed by atoms with Crippen molar-refractivity contribution in [2.24, 2.45) is 5.73 Å². The number of hydrogen-bond donors (Lipinski definition) is 3. The number of hydrogen-bond acceptors (Lipinski definition) is 5. The summed E-state index contributed by atoms with van der Waals surface area (Å²) in [4.78, 5) is 23.6. The molecule has 2 amide bonds. The monoisotopic (exact) mass is 476 g/mol. The summed E-state index contributed by atoms with van der Waals surface area (Å²) in [6.45, 7) is -0.0812. The molecule has 2 aromatic carbocycles. The molecule has 3 aromatic rings. The first-order valence-corrected chi connectivity index (χ1v) is 10.6. The van der Waals surface area contributed by atoms with Gasteiger partial charge in [-0.1, -0.05) is 6.07 Å². The second-order valence-electron chi connectivity index (χ2n) is 6.54. The fourth-order valence-electron chi connectivity index (χ4n) is 2.75. The van der Waals surface area contributed by atoms with Gasteiger partial charge in [0.1, 0.15) is 11.3 Å². The van der Waals surface area contributed by atoms with E-state index < -0.39 is 21.8 Å². The number of nitrogens with two attached hydrogens (primary N) is 1. The average molecular weight is 477 g/mol. The van der Waals surface area contributed by atoms with Gasteiger partial charge in [-0.25, -0.2) is 8.42 Å². The molecule has 0 radical (unpaired) electrons. The summed E-state index contributed by atoms with van der Waals surface area (Å²) < 4.78 is 34.4. The highest BCUT2D eigenvalue weighted by atomic mass is 35.5. The minimum Gasteiger partial charge on any atom is -1.00 e. The van der Waals surface area contributed by atoms with E-state index in [1.54, 1.807) is 48.7 Å². The lowest BCUT2D eigenvalue weighted by Gasteiger charge is -2.10. The van der Waals surface area contributed by atoms with Crippen LogP contribution in [0, 0.1) is 0 Å². The van der Waals surface area contributed by atoms with Gasteiger partial charge in [-0.2, -0.15) is 4.57 Å². The van der Waals surface area contributed by atoms with Crippen molar-refractivity contribution in [2.45, 2.75) is 11.4 Å². The number of pyridine rings is 1. The molecule has 32 heavy (non-hydrogen) atoms. The van der Waals surface area contributed by atoms with Gasteiger partial charge in [0.05, 0.1) is 12.0 Å². The SMILES string of the molecule is COc1ccc(NS(=O)(=O)c2cccc(NC(=O)C[n+]3cccc(C(N)=O)c3)c2)cc1.[Cl-]. The van der Waals surface area contributed by atoms with Crippen LogP contribution in [0.1, 0.15) is 10.4 Å². The fourth-order valence-corrected chi connectivity index (χ4v) is 3.85. The molecule has 0 spiro atoms. The van der Waals surface area contributed by atoms with Crippen LogP contribution < -0.4 is 37.5 Å². The average Bonchev–Trinajstić information content (AvgIpc) is 2.74. The van der Waals surface area contributed by atoms with Crippen molar-refractivity contribution >= 4 is 33.2 Å². The summed E-state index contributed by atoms with van der Waals surface area (Å²) in [7, 11) is -2.34. The molecule has 0 saturated heterocycles. The molecule has 168 valence electrons. The number of aromatic nitrogens is 1. The van der Waals surface area contributed by atoms with Gasteiger partial charge in [0, 0.05) is 17.4 Å². The zero-order chi connectivity index (χ0) is 22.4. The van der Waals surface area contributed by atoms with E-state index >= 15 is 0 Å². The maximum Gasteiger partial charge on any atom is 0.290 e. The van der Waals surface area contributed by atoms with E-state index in [0.29, 0.717) is 17.1 Å². The second kappa shape index (κ2) is 10.6. The van der Waals surface area contributed by atoms with Gasteiger partial charge >= 0.3 is 0 Å². The van der Waals surface area contributed by atoms with Crippen LogP contribution in [0.2, 0.25) is 0 Å². The molecule has 11 heteroatoms. The smallest absolute Gasteiger partial charge is 0.290 e. The normalized spacial score (nSPS) is 10.5. The number of carbonyl (C=O) groups excluding carboxylic acids is 2. The van der Waals surface area contributed by atoms with Gasteiger partial charge in [-0.15, -0.1) is 0 Å². The van der Waals surface area contributed by atoms with E-state index in [0.717, 1.165) is 0 Å². The van der Waals surface area contributed by atoms with Crippen LogP contribution in [0.25, 0.3) is 0 Å². The standard InChI is InChI=1S/C21H20N4O5S.ClH/c1-30-18-9-7-16(8-10-18)24-31(28,29)19-6-2-5-17(12-19)23-20(26)14-25-11-3-4-15(13-25)21(22)27;/h2-13,24H,14H2,1H3,(H2-,22,23,26,27);1H. The molecule has 1 heterocycles. The van der Waals surface area contributed by atoms with Crippen LogP contribution in [0.4, 0.5) is 11.4 Å². The molecule has 0 saturated carbocycles. The third-order valence-electron chi connectivity index (χ3n) is 4.24. The minimum atomic E-state index is -3.86. The Hall–Kier alpha value is -3.63. The summed E-state index contributed by atoms with van der Waals surface area (Å²) >= 11 is 0. The molecule has 0 aliphatic carbocycles. The number of benzene rings is 2. The quantitative estimate of drug-likeness (QED) is 0.341. The van der Waals surface area contributed by atoms with E-state index in [1.165, 1.54) is 36.1 Å². The third kappa shape index (κ3) is 6.43. The molecule has 3 rings (SSSR count). The largest absolute Gasteiger partial charge is 1.00 e. The Morgan fingerprint density at radius 1 is 1.03 bits per heavy atom. The van der Waals surface area contributed by atoms with E-state index in [1.807, 2.05) is 0 Å². The Kier molecular flexibility index (Phi) is 8.16. The van der Waals surface area contributed by atoms with Gasteiger partial charge in [0.15, 0.2) is 12.4 Å². The summed E-state index contributed by atoms with van der Waals surface area (Å²) in [5.41, 5.74) is 6.20.